The first-order valence-corrected chi connectivity index (χ1v) is 5.61. The molecule has 0 radical (unpaired) electrons. The van der Waals surface area contributed by atoms with Gasteiger partial charge in [-0.1, -0.05) is 24.3 Å². The second kappa shape index (κ2) is 7.01. The summed E-state index contributed by atoms with van der Waals surface area (Å²) in [6.07, 6.45) is 10.8. The Morgan fingerprint density at radius 3 is 3.12 bits per heavy atom. The minimum atomic E-state index is -0.401. The molecule has 0 bridgehead atoms. The van der Waals surface area contributed by atoms with Gasteiger partial charge in [0, 0.05) is 6.08 Å². The van der Waals surface area contributed by atoms with Crippen LogP contribution in [-0.2, 0) is 9.53 Å². The molecule has 1 N–H and O–H groups in total. The Labute approximate surface area is 96.1 Å². The van der Waals surface area contributed by atoms with Crippen molar-refractivity contribution in [2.75, 3.05) is 6.61 Å². The first-order chi connectivity index (χ1) is 7.74. The quantitative estimate of drug-likeness (QED) is 0.553. The van der Waals surface area contributed by atoms with Crippen LogP contribution in [0.15, 0.2) is 36.0 Å². The zero-order chi connectivity index (χ0) is 11.8. The number of rotatable bonds is 6. The molecule has 1 aliphatic carbocycles. The molecule has 1 unspecified atom stereocenters. The van der Waals surface area contributed by atoms with Crippen molar-refractivity contribution >= 4 is 5.97 Å². The van der Waals surface area contributed by atoms with Gasteiger partial charge in [0.05, 0.1) is 12.7 Å². The van der Waals surface area contributed by atoms with Gasteiger partial charge in [-0.2, -0.15) is 0 Å². The topological polar surface area (TPSA) is 46.5 Å². The van der Waals surface area contributed by atoms with E-state index in [2.05, 4.69) is 0 Å². The fourth-order valence-corrected chi connectivity index (χ4v) is 1.52. The standard InChI is InChI=1S/C13H18O3/c1-2-16-13(15)10-6-5-9-12(14)11-7-3-4-8-11/h3-4,6-7,10,12,14H,2,5,8-9H2,1H3/b10-6+. The molecule has 0 spiro atoms. The maximum Gasteiger partial charge on any atom is 0.330 e. The molecule has 0 amide bonds. The zero-order valence-electron chi connectivity index (χ0n) is 9.56. The van der Waals surface area contributed by atoms with E-state index < -0.39 is 6.10 Å². The highest BCUT2D eigenvalue weighted by Crippen LogP contribution is 2.18. The third-order valence-corrected chi connectivity index (χ3v) is 2.38. The highest BCUT2D eigenvalue weighted by Gasteiger charge is 2.10. The Bertz CT molecular complexity index is 313. The third-order valence-electron chi connectivity index (χ3n) is 2.38. The molecule has 16 heavy (non-hydrogen) atoms. The van der Waals surface area contributed by atoms with Crippen LogP contribution in [0.5, 0.6) is 0 Å². The number of ether oxygens (including phenoxy) is 1. The second-order valence-corrected chi connectivity index (χ2v) is 3.62. The van der Waals surface area contributed by atoms with Crippen LogP contribution in [0.2, 0.25) is 0 Å². The maximum atomic E-state index is 11.0. The van der Waals surface area contributed by atoms with E-state index in [1.807, 2.05) is 18.2 Å². The molecular formula is C13H18O3. The molecule has 1 atom stereocenters. The molecule has 0 saturated heterocycles. The molecule has 3 heteroatoms. The summed E-state index contributed by atoms with van der Waals surface area (Å²) in [7, 11) is 0. The lowest BCUT2D eigenvalue weighted by Crippen LogP contribution is -2.08. The minimum Gasteiger partial charge on any atom is -0.463 e. The molecule has 3 nitrogen and oxygen atoms in total. The van der Waals surface area contributed by atoms with Crippen LogP contribution in [0.3, 0.4) is 0 Å². The number of hydrogen-bond donors (Lipinski definition) is 1. The van der Waals surface area contributed by atoms with Crippen molar-refractivity contribution in [2.24, 2.45) is 0 Å². The Kier molecular flexibility index (Phi) is 5.57. The summed E-state index contributed by atoms with van der Waals surface area (Å²) < 4.78 is 4.74. The summed E-state index contributed by atoms with van der Waals surface area (Å²) in [5.74, 6) is -0.321. The molecule has 0 aromatic carbocycles. The van der Waals surface area contributed by atoms with Gasteiger partial charge in [-0.05, 0) is 31.8 Å². The predicted octanol–water partition coefficient (Wildman–Crippen LogP) is 2.13. The first kappa shape index (κ1) is 12.7. The molecule has 0 aromatic rings. The van der Waals surface area contributed by atoms with Gasteiger partial charge in [0.25, 0.3) is 0 Å². The number of esters is 1. The van der Waals surface area contributed by atoms with Crippen LogP contribution in [0.1, 0.15) is 26.2 Å². The van der Waals surface area contributed by atoms with Gasteiger partial charge in [-0.3, -0.25) is 0 Å². The van der Waals surface area contributed by atoms with E-state index >= 15 is 0 Å². The lowest BCUT2D eigenvalue weighted by atomic mass is 10.0. The number of aliphatic hydroxyl groups is 1. The largest absolute Gasteiger partial charge is 0.463 e. The Morgan fingerprint density at radius 1 is 1.69 bits per heavy atom. The second-order valence-electron chi connectivity index (χ2n) is 3.62. The third kappa shape index (κ3) is 4.45. The van der Waals surface area contributed by atoms with Gasteiger partial charge in [0.2, 0.25) is 0 Å². The van der Waals surface area contributed by atoms with Gasteiger partial charge in [-0.15, -0.1) is 0 Å². The summed E-state index contributed by atoms with van der Waals surface area (Å²) in [5.41, 5.74) is 1.05. The fraction of sp³-hybridized carbons (Fsp3) is 0.462. The Balaban J connectivity index is 2.17. The van der Waals surface area contributed by atoms with E-state index in [1.165, 1.54) is 6.08 Å². The van der Waals surface area contributed by atoms with Crippen molar-refractivity contribution in [3.05, 3.63) is 36.0 Å². The molecule has 88 valence electrons. The summed E-state index contributed by atoms with van der Waals surface area (Å²) in [5, 5.41) is 9.76. The average molecular weight is 222 g/mol. The van der Waals surface area contributed by atoms with Crippen LogP contribution in [0.4, 0.5) is 0 Å². The summed E-state index contributed by atoms with van der Waals surface area (Å²) in [6, 6.07) is 0. The van der Waals surface area contributed by atoms with Crippen LogP contribution < -0.4 is 0 Å². The smallest absolute Gasteiger partial charge is 0.330 e. The van der Waals surface area contributed by atoms with Crippen LogP contribution in [0.25, 0.3) is 0 Å². The van der Waals surface area contributed by atoms with Crippen molar-refractivity contribution < 1.29 is 14.6 Å². The highest BCUT2D eigenvalue weighted by atomic mass is 16.5. The Hall–Kier alpha value is -1.35. The summed E-state index contributed by atoms with van der Waals surface area (Å²) >= 11 is 0. The number of carbonyl (C=O) groups is 1. The monoisotopic (exact) mass is 222 g/mol. The van der Waals surface area contributed by atoms with E-state index in [1.54, 1.807) is 13.0 Å². The maximum absolute atomic E-state index is 11.0. The van der Waals surface area contributed by atoms with Gasteiger partial charge in [-0.25, -0.2) is 4.79 Å². The van der Waals surface area contributed by atoms with E-state index in [-0.39, 0.29) is 5.97 Å². The Morgan fingerprint density at radius 2 is 2.50 bits per heavy atom. The van der Waals surface area contributed by atoms with Gasteiger partial charge in [0.1, 0.15) is 0 Å². The molecule has 0 saturated carbocycles. The highest BCUT2D eigenvalue weighted by molar-refractivity contribution is 5.81. The molecule has 0 heterocycles. The lowest BCUT2D eigenvalue weighted by Gasteiger charge is -2.09. The van der Waals surface area contributed by atoms with Gasteiger partial charge >= 0.3 is 5.97 Å². The van der Waals surface area contributed by atoms with E-state index in [0.29, 0.717) is 19.4 Å². The SMILES string of the molecule is CCOC(=O)/C=C/CCC(O)C1=CC=CC1. The predicted molar refractivity (Wildman–Crippen MR) is 62.9 cm³/mol. The summed E-state index contributed by atoms with van der Waals surface area (Å²) in [6.45, 7) is 2.17. The molecular weight excluding hydrogens is 204 g/mol. The number of carbonyl (C=O) groups excluding carboxylic acids is 1. The fourth-order valence-electron chi connectivity index (χ4n) is 1.52. The van der Waals surface area contributed by atoms with Crippen molar-refractivity contribution in [1.82, 2.24) is 0 Å². The molecule has 0 fully saturated rings. The lowest BCUT2D eigenvalue weighted by molar-refractivity contribution is -0.137. The van der Waals surface area contributed by atoms with Crippen LogP contribution >= 0.6 is 0 Å². The molecule has 0 aliphatic heterocycles. The zero-order valence-corrected chi connectivity index (χ0v) is 9.56. The van der Waals surface area contributed by atoms with Crippen molar-refractivity contribution in [3.8, 4) is 0 Å². The van der Waals surface area contributed by atoms with E-state index in [0.717, 1.165) is 12.0 Å². The molecule has 1 aliphatic rings. The van der Waals surface area contributed by atoms with Gasteiger partial charge in [0.15, 0.2) is 0 Å². The number of allylic oxidation sites excluding steroid dienone is 4. The summed E-state index contributed by atoms with van der Waals surface area (Å²) in [4.78, 5) is 11.0. The first-order valence-electron chi connectivity index (χ1n) is 5.61. The van der Waals surface area contributed by atoms with Crippen molar-refractivity contribution in [3.63, 3.8) is 0 Å². The van der Waals surface area contributed by atoms with Crippen molar-refractivity contribution in [1.29, 1.82) is 0 Å². The van der Waals surface area contributed by atoms with Crippen molar-refractivity contribution in [2.45, 2.75) is 32.3 Å². The molecule has 1 rings (SSSR count). The minimum absolute atomic E-state index is 0.321. The number of aliphatic hydroxyl groups excluding tert-OH is 1. The van der Waals surface area contributed by atoms with Crippen LogP contribution in [0, 0.1) is 0 Å². The molecule has 0 aromatic heterocycles. The van der Waals surface area contributed by atoms with Crippen LogP contribution in [-0.4, -0.2) is 23.8 Å². The number of hydrogen-bond acceptors (Lipinski definition) is 3. The normalized spacial score (nSPS) is 16.5. The van der Waals surface area contributed by atoms with E-state index in [4.69, 9.17) is 4.74 Å². The van der Waals surface area contributed by atoms with E-state index in [9.17, 15) is 9.90 Å². The average Bonchev–Trinajstić information content (AvgIpc) is 2.78. The van der Waals surface area contributed by atoms with Gasteiger partial charge < -0.3 is 9.84 Å².